The number of likely N-dealkylation sites (N-methyl/N-ethyl adjacent to an activating group) is 1. The van der Waals surface area contributed by atoms with Crippen molar-refractivity contribution in [3.63, 3.8) is 0 Å². The van der Waals surface area contributed by atoms with Crippen LogP contribution >= 0.6 is 7.82 Å². The van der Waals surface area contributed by atoms with Gasteiger partial charge in [0, 0.05) is 6.42 Å². The number of quaternary nitrogens is 1. The number of phosphoric ester groups is 1. The Kier molecular flexibility index (Phi) is 22.5. The summed E-state index contributed by atoms with van der Waals surface area (Å²) in [6.45, 7) is 4.69. The topological polar surface area (TPSA) is 105 Å². The smallest absolute Gasteiger partial charge is 0.387 e. The van der Waals surface area contributed by atoms with Gasteiger partial charge >= 0.3 is 7.82 Å². The maximum atomic E-state index is 12.6. The Hall–Kier alpha value is -0.760. The maximum absolute atomic E-state index is 12.6. The van der Waals surface area contributed by atoms with Gasteiger partial charge in [0.25, 0.3) is 0 Å². The van der Waals surface area contributed by atoms with Gasteiger partial charge in [-0.2, -0.15) is 0 Å². The number of nitrogens with one attached hydrogen (secondary N) is 1. The molecule has 0 aromatic carbocycles. The highest BCUT2D eigenvalue weighted by Crippen LogP contribution is 2.43. The van der Waals surface area contributed by atoms with Crippen LogP contribution in [0.15, 0.2) is 12.2 Å². The third-order valence-electron chi connectivity index (χ3n) is 6.51. The summed E-state index contributed by atoms with van der Waals surface area (Å²) in [5.74, 6) is -0.189. The number of nitrogens with zero attached hydrogens (tertiary/aromatic N) is 1. The molecule has 0 spiro atoms. The van der Waals surface area contributed by atoms with Crippen LogP contribution in [0.25, 0.3) is 0 Å². The average molecular weight is 564 g/mol. The van der Waals surface area contributed by atoms with Crippen LogP contribution in [0.4, 0.5) is 0 Å². The summed E-state index contributed by atoms with van der Waals surface area (Å²) < 4.78 is 23.2. The first-order chi connectivity index (χ1) is 18.0. The Labute approximate surface area is 233 Å². The van der Waals surface area contributed by atoms with E-state index in [1.165, 1.54) is 57.8 Å². The molecule has 0 saturated carbocycles. The van der Waals surface area contributed by atoms with E-state index < -0.39 is 20.0 Å². The number of phosphoric acid groups is 1. The number of amides is 1. The van der Waals surface area contributed by atoms with Crippen molar-refractivity contribution in [2.24, 2.45) is 0 Å². The fourth-order valence-corrected chi connectivity index (χ4v) is 4.71. The van der Waals surface area contributed by atoms with Crippen LogP contribution in [0.1, 0.15) is 117 Å². The summed E-state index contributed by atoms with van der Waals surface area (Å²) in [5, 5.41) is 13.5. The zero-order valence-corrected chi connectivity index (χ0v) is 26.1. The molecule has 0 aromatic heterocycles. The SMILES string of the molecule is CCCCCCCCC/C=C/[C@@H](O)[C@H](COP(=O)(O)OCC[N+](C)(C)C)NC(=O)CCCCCCCCC. The van der Waals surface area contributed by atoms with E-state index in [1.54, 1.807) is 6.08 Å². The van der Waals surface area contributed by atoms with E-state index in [0.29, 0.717) is 17.4 Å². The van der Waals surface area contributed by atoms with Crippen molar-refractivity contribution in [2.45, 2.75) is 129 Å². The van der Waals surface area contributed by atoms with Gasteiger partial charge in [-0.25, -0.2) is 4.57 Å². The largest absolute Gasteiger partial charge is 0.472 e. The second kappa shape index (κ2) is 23.0. The third-order valence-corrected chi connectivity index (χ3v) is 7.49. The monoisotopic (exact) mass is 563 g/mol. The molecule has 0 rings (SSSR count). The van der Waals surface area contributed by atoms with E-state index in [9.17, 15) is 19.4 Å². The molecule has 1 amide bonds. The van der Waals surface area contributed by atoms with Crippen molar-refractivity contribution in [1.29, 1.82) is 0 Å². The van der Waals surface area contributed by atoms with Crippen molar-refractivity contribution in [1.82, 2.24) is 5.32 Å². The highest BCUT2D eigenvalue weighted by atomic mass is 31.2. The molecule has 0 aliphatic heterocycles. The Morgan fingerprint density at radius 1 is 0.868 bits per heavy atom. The van der Waals surface area contributed by atoms with Crippen LogP contribution in [0, 0.1) is 0 Å². The van der Waals surface area contributed by atoms with Crippen LogP contribution < -0.4 is 5.32 Å². The van der Waals surface area contributed by atoms with Crippen LogP contribution in [-0.4, -0.2) is 73.4 Å². The summed E-state index contributed by atoms with van der Waals surface area (Å²) in [6, 6.07) is -0.833. The van der Waals surface area contributed by atoms with Crippen LogP contribution in [0.2, 0.25) is 0 Å². The summed E-state index contributed by atoms with van der Waals surface area (Å²) >= 11 is 0. The lowest BCUT2D eigenvalue weighted by molar-refractivity contribution is -0.870. The zero-order chi connectivity index (χ0) is 28.7. The fourth-order valence-electron chi connectivity index (χ4n) is 3.98. The van der Waals surface area contributed by atoms with Gasteiger partial charge in [-0.1, -0.05) is 103 Å². The number of unbranched alkanes of at least 4 members (excludes halogenated alkanes) is 13. The molecule has 0 aromatic rings. The zero-order valence-electron chi connectivity index (χ0n) is 25.2. The van der Waals surface area contributed by atoms with Gasteiger partial charge in [0.2, 0.25) is 5.91 Å². The Morgan fingerprint density at radius 2 is 1.39 bits per heavy atom. The second-order valence-electron chi connectivity index (χ2n) is 11.5. The molecule has 3 N–H and O–H groups in total. The molecule has 8 nitrogen and oxygen atoms in total. The maximum Gasteiger partial charge on any atom is 0.472 e. The minimum Gasteiger partial charge on any atom is -0.387 e. The van der Waals surface area contributed by atoms with Crippen molar-refractivity contribution >= 4 is 13.7 Å². The Bertz CT molecular complexity index is 653. The standard InChI is InChI=1S/C29H59N2O6P/c1-6-8-10-12-14-15-17-18-20-22-28(32)27(26-37-38(34,35)36-25-24-31(3,4)5)30-29(33)23-21-19-16-13-11-9-7-2/h20,22,27-28,32H,6-19,21,23-26H2,1-5H3,(H-,30,33,34,35)/p+1/b22-20+/t27-,28+/m0/s1. The first-order valence-corrected chi connectivity index (χ1v) is 16.6. The van der Waals surface area contributed by atoms with E-state index >= 15 is 0 Å². The molecular weight excluding hydrogens is 503 g/mol. The molecule has 9 heteroatoms. The molecular formula is C29H60N2O6P+. The highest BCUT2D eigenvalue weighted by Gasteiger charge is 2.27. The average Bonchev–Trinajstić information content (AvgIpc) is 2.84. The lowest BCUT2D eigenvalue weighted by Gasteiger charge is -2.25. The lowest BCUT2D eigenvalue weighted by Crippen LogP contribution is -2.45. The predicted octanol–water partition coefficient (Wildman–Crippen LogP) is 6.51. The molecule has 38 heavy (non-hydrogen) atoms. The molecule has 0 heterocycles. The summed E-state index contributed by atoms with van der Waals surface area (Å²) in [7, 11) is 1.57. The van der Waals surface area contributed by atoms with Crippen LogP contribution in [0.3, 0.4) is 0 Å². The van der Waals surface area contributed by atoms with Gasteiger partial charge in [-0.15, -0.1) is 0 Å². The van der Waals surface area contributed by atoms with Crippen LogP contribution in [-0.2, 0) is 18.4 Å². The number of aliphatic hydroxyl groups excluding tert-OH is 1. The lowest BCUT2D eigenvalue weighted by atomic mass is 10.1. The normalized spacial score (nSPS) is 15.4. The highest BCUT2D eigenvalue weighted by molar-refractivity contribution is 7.47. The number of carbonyl (C=O) groups is 1. The quantitative estimate of drug-likeness (QED) is 0.0480. The summed E-state index contributed by atoms with van der Waals surface area (Å²) in [6.07, 6.45) is 20.0. The molecule has 1 unspecified atom stereocenters. The van der Waals surface area contributed by atoms with Gasteiger partial charge in [-0.3, -0.25) is 13.8 Å². The summed E-state index contributed by atoms with van der Waals surface area (Å²) in [5.41, 5.74) is 0. The van der Waals surface area contributed by atoms with Crippen LogP contribution in [0.5, 0.6) is 0 Å². The molecule has 0 fully saturated rings. The van der Waals surface area contributed by atoms with Crippen molar-refractivity contribution in [2.75, 3.05) is 40.9 Å². The summed E-state index contributed by atoms with van der Waals surface area (Å²) in [4.78, 5) is 22.6. The minimum atomic E-state index is -4.30. The van der Waals surface area contributed by atoms with Crippen molar-refractivity contribution < 1.29 is 32.9 Å². The van der Waals surface area contributed by atoms with E-state index in [1.807, 2.05) is 27.2 Å². The molecule has 0 bridgehead atoms. The first kappa shape index (κ1) is 37.2. The van der Waals surface area contributed by atoms with Crippen molar-refractivity contribution in [3.8, 4) is 0 Å². The van der Waals surface area contributed by atoms with Gasteiger partial charge in [-0.05, 0) is 19.3 Å². The van der Waals surface area contributed by atoms with Gasteiger partial charge in [0.1, 0.15) is 13.2 Å². The van der Waals surface area contributed by atoms with Gasteiger partial charge in [0.05, 0.1) is 39.9 Å². The number of allylic oxidation sites excluding steroid dienone is 1. The van der Waals surface area contributed by atoms with E-state index in [0.717, 1.165) is 38.5 Å². The number of rotatable bonds is 26. The first-order valence-electron chi connectivity index (χ1n) is 15.1. The number of aliphatic hydroxyl groups is 1. The Morgan fingerprint density at radius 3 is 1.95 bits per heavy atom. The third kappa shape index (κ3) is 24.3. The molecule has 3 atom stereocenters. The second-order valence-corrected chi connectivity index (χ2v) is 12.9. The predicted molar refractivity (Wildman–Crippen MR) is 157 cm³/mol. The number of carbonyl (C=O) groups excluding carboxylic acids is 1. The van der Waals surface area contributed by atoms with Gasteiger partial charge in [0.15, 0.2) is 0 Å². The minimum absolute atomic E-state index is 0.0630. The molecule has 0 aliphatic carbocycles. The van der Waals surface area contributed by atoms with Crippen molar-refractivity contribution in [3.05, 3.63) is 12.2 Å². The fraction of sp³-hybridized carbons (Fsp3) is 0.897. The molecule has 0 radical (unpaired) electrons. The van der Waals surface area contributed by atoms with E-state index in [-0.39, 0.29) is 19.1 Å². The van der Waals surface area contributed by atoms with Gasteiger partial charge < -0.3 is 19.8 Å². The van der Waals surface area contributed by atoms with E-state index in [4.69, 9.17) is 9.05 Å². The molecule has 0 aliphatic rings. The number of hydrogen-bond donors (Lipinski definition) is 3. The Balaban J connectivity index is 4.71. The molecule has 226 valence electrons. The number of hydrogen-bond acceptors (Lipinski definition) is 5. The molecule has 0 saturated heterocycles. The van der Waals surface area contributed by atoms with E-state index in [2.05, 4.69) is 19.2 Å².